The minimum Gasteiger partial charge on any atom is -0.339 e. The predicted octanol–water partition coefficient (Wildman–Crippen LogP) is 1.73. The second kappa shape index (κ2) is 3.78. The van der Waals surface area contributed by atoms with E-state index in [-0.39, 0.29) is 17.0 Å². The van der Waals surface area contributed by atoms with Crippen LogP contribution in [-0.2, 0) is 4.79 Å². The zero-order valence-corrected chi connectivity index (χ0v) is 10.9. The Morgan fingerprint density at radius 1 is 1.27 bits per heavy atom. The molecule has 1 aliphatic rings. The van der Waals surface area contributed by atoms with Crippen molar-refractivity contribution < 1.29 is 4.79 Å². The van der Waals surface area contributed by atoms with Gasteiger partial charge in [0.15, 0.2) is 0 Å². The molecule has 1 fully saturated rings. The van der Waals surface area contributed by atoms with Gasteiger partial charge in [-0.3, -0.25) is 9.69 Å². The minimum atomic E-state index is -0.184. The van der Waals surface area contributed by atoms with Gasteiger partial charge in [0.2, 0.25) is 5.91 Å². The fourth-order valence-corrected chi connectivity index (χ4v) is 1.80. The van der Waals surface area contributed by atoms with Gasteiger partial charge in [0, 0.05) is 12.6 Å². The molecule has 3 nitrogen and oxygen atoms in total. The third-order valence-corrected chi connectivity index (χ3v) is 3.64. The van der Waals surface area contributed by atoms with E-state index < -0.39 is 0 Å². The second-order valence-electron chi connectivity index (χ2n) is 5.58. The third-order valence-electron chi connectivity index (χ3n) is 3.64. The standard InChI is InChI=1S/C12H24N2O/c1-7-13(5)12(8-9-12)10(15)14(6)11(2,3)4/h7-9H2,1-6H3. The molecule has 0 heterocycles. The molecular formula is C12H24N2O. The van der Waals surface area contributed by atoms with Crippen molar-refractivity contribution in [2.75, 3.05) is 20.6 Å². The van der Waals surface area contributed by atoms with Crippen LogP contribution in [0.2, 0.25) is 0 Å². The average Bonchev–Trinajstić information content (AvgIpc) is 2.93. The van der Waals surface area contributed by atoms with Crippen molar-refractivity contribution in [1.29, 1.82) is 0 Å². The molecule has 0 aromatic rings. The largest absolute Gasteiger partial charge is 0.339 e. The number of hydrogen-bond donors (Lipinski definition) is 0. The van der Waals surface area contributed by atoms with Crippen LogP contribution in [0.4, 0.5) is 0 Å². The molecule has 15 heavy (non-hydrogen) atoms. The lowest BCUT2D eigenvalue weighted by Gasteiger charge is -2.37. The molecule has 1 rings (SSSR count). The van der Waals surface area contributed by atoms with Crippen molar-refractivity contribution in [2.45, 2.75) is 51.6 Å². The Hall–Kier alpha value is -0.570. The van der Waals surface area contributed by atoms with Crippen molar-refractivity contribution in [3.63, 3.8) is 0 Å². The van der Waals surface area contributed by atoms with Crippen LogP contribution in [0.1, 0.15) is 40.5 Å². The van der Waals surface area contributed by atoms with E-state index in [1.807, 2.05) is 19.0 Å². The van der Waals surface area contributed by atoms with Gasteiger partial charge in [-0.05, 0) is 47.2 Å². The SMILES string of the molecule is CCN(C)C1(C(=O)N(C)C(C)(C)C)CC1. The van der Waals surface area contributed by atoms with Crippen LogP contribution in [0, 0.1) is 0 Å². The number of nitrogens with zero attached hydrogens (tertiary/aromatic N) is 2. The van der Waals surface area contributed by atoms with E-state index in [4.69, 9.17) is 0 Å². The summed E-state index contributed by atoms with van der Waals surface area (Å²) in [5.74, 6) is 0.277. The van der Waals surface area contributed by atoms with Crippen LogP contribution in [0.15, 0.2) is 0 Å². The number of hydrogen-bond acceptors (Lipinski definition) is 2. The van der Waals surface area contributed by atoms with Gasteiger partial charge in [0.1, 0.15) is 5.54 Å². The molecule has 0 saturated heterocycles. The topological polar surface area (TPSA) is 23.6 Å². The molecule has 0 unspecified atom stereocenters. The van der Waals surface area contributed by atoms with Gasteiger partial charge in [-0.2, -0.15) is 0 Å². The van der Waals surface area contributed by atoms with Crippen LogP contribution in [0.5, 0.6) is 0 Å². The van der Waals surface area contributed by atoms with Crippen LogP contribution in [0.3, 0.4) is 0 Å². The van der Waals surface area contributed by atoms with E-state index in [1.54, 1.807) is 0 Å². The number of carbonyl (C=O) groups is 1. The first-order valence-corrected chi connectivity index (χ1v) is 5.75. The first-order valence-electron chi connectivity index (χ1n) is 5.75. The minimum absolute atomic E-state index is 0.0821. The zero-order chi connectivity index (χ0) is 11.9. The Balaban J connectivity index is 2.77. The smallest absolute Gasteiger partial charge is 0.243 e. The van der Waals surface area contributed by atoms with Gasteiger partial charge >= 0.3 is 0 Å². The van der Waals surface area contributed by atoms with Gasteiger partial charge in [-0.1, -0.05) is 6.92 Å². The quantitative estimate of drug-likeness (QED) is 0.711. The van der Waals surface area contributed by atoms with Crippen molar-refractivity contribution >= 4 is 5.91 Å². The van der Waals surface area contributed by atoms with Gasteiger partial charge < -0.3 is 4.90 Å². The van der Waals surface area contributed by atoms with E-state index in [2.05, 4.69) is 32.6 Å². The summed E-state index contributed by atoms with van der Waals surface area (Å²) in [6.07, 6.45) is 2.02. The fraction of sp³-hybridized carbons (Fsp3) is 0.917. The molecular weight excluding hydrogens is 188 g/mol. The molecule has 0 radical (unpaired) electrons. The molecule has 0 aromatic heterocycles. The summed E-state index contributed by atoms with van der Waals surface area (Å²) in [5.41, 5.74) is -0.266. The molecule has 0 N–H and O–H groups in total. The predicted molar refractivity (Wildman–Crippen MR) is 62.8 cm³/mol. The molecule has 3 heteroatoms. The van der Waals surface area contributed by atoms with Gasteiger partial charge in [0.25, 0.3) is 0 Å². The van der Waals surface area contributed by atoms with Crippen molar-refractivity contribution in [3.05, 3.63) is 0 Å². The molecule has 0 spiro atoms. The van der Waals surface area contributed by atoms with Crippen LogP contribution in [0.25, 0.3) is 0 Å². The maximum atomic E-state index is 12.4. The summed E-state index contributed by atoms with van der Waals surface area (Å²) < 4.78 is 0. The summed E-state index contributed by atoms with van der Waals surface area (Å²) in [4.78, 5) is 16.4. The lowest BCUT2D eigenvalue weighted by molar-refractivity contribution is -0.141. The summed E-state index contributed by atoms with van der Waals surface area (Å²) >= 11 is 0. The maximum Gasteiger partial charge on any atom is 0.243 e. The summed E-state index contributed by atoms with van der Waals surface area (Å²) in [6, 6.07) is 0. The van der Waals surface area contributed by atoms with Crippen LogP contribution >= 0.6 is 0 Å². The first kappa shape index (κ1) is 12.5. The molecule has 1 saturated carbocycles. The Morgan fingerprint density at radius 3 is 2.00 bits per heavy atom. The molecule has 0 bridgehead atoms. The molecule has 1 aliphatic carbocycles. The lowest BCUT2D eigenvalue weighted by atomic mass is 10.0. The molecule has 0 atom stereocenters. The van der Waals surface area contributed by atoms with Crippen molar-refractivity contribution in [1.82, 2.24) is 9.80 Å². The molecule has 88 valence electrons. The second-order valence-corrected chi connectivity index (χ2v) is 5.58. The van der Waals surface area contributed by atoms with E-state index >= 15 is 0 Å². The van der Waals surface area contributed by atoms with Gasteiger partial charge in [0.05, 0.1) is 0 Å². The summed E-state index contributed by atoms with van der Waals surface area (Å²) in [5, 5.41) is 0. The highest BCUT2D eigenvalue weighted by Crippen LogP contribution is 2.43. The highest BCUT2D eigenvalue weighted by atomic mass is 16.2. The van der Waals surface area contributed by atoms with Gasteiger partial charge in [-0.25, -0.2) is 0 Å². The van der Waals surface area contributed by atoms with Crippen molar-refractivity contribution in [2.24, 2.45) is 0 Å². The number of amides is 1. The van der Waals surface area contributed by atoms with Crippen LogP contribution in [-0.4, -0.2) is 47.4 Å². The van der Waals surface area contributed by atoms with E-state index in [0.29, 0.717) is 0 Å². The number of likely N-dealkylation sites (N-methyl/N-ethyl adjacent to an activating group) is 2. The highest BCUT2D eigenvalue weighted by molar-refractivity contribution is 5.89. The Morgan fingerprint density at radius 2 is 1.73 bits per heavy atom. The Labute approximate surface area is 93.4 Å². The first-order chi connectivity index (χ1) is 6.75. The van der Waals surface area contributed by atoms with E-state index in [9.17, 15) is 4.79 Å². The monoisotopic (exact) mass is 212 g/mol. The number of rotatable bonds is 3. The molecule has 1 amide bonds. The maximum absolute atomic E-state index is 12.4. The normalized spacial score (nSPS) is 19.1. The average molecular weight is 212 g/mol. The fourth-order valence-electron chi connectivity index (χ4n) is 1.80. The number of carbonyl (C=O) groups excluding carboxylic acids is 1. The van der Waals surface area contributed by atoms with E-state index in [1.165, 1.54) is 0 Å². The summed E-state index contributed by atoms with van der Waals surface area (Å²) in [6.45, 7) is 9.26. The molecule has 0 aliphatic heterocycles. The highest BCUT2D eigenvalue weighted by Gasteiger charge is 2.54. The van der Waals surface area contributed by atoms with E-state index in [0.717, 1.165) is 19.4 Å². The van der Waals surface area contributed by atoms with Gasteiger partial charge in [-0.15, -0.1) is 0 Å². The van der Waals surface area contributed by atoms with Crippen molar-refractivity contribution in [3.8, 4) is 0 Å². The Bertz CT molecular complexity index is 251. The van der Waals surface area contributed by atoms with Crippen LogP contribution < -0.4 is 0 Å². The Kier molecular flexibility index (Phi) is 3.15. The molecule has 0 aromatic carbocycles. The summed E-state index contributed by atoms with van der Waals surface area (Å²) in [7, 11) is 3.95. The lowest BCUT2D eigenvalue weighted by Crippen LogP contribution is -2.53. The third kappa shape index (κ3) is 2.17. The zero-order valence-electron chi connectivity index (χ0n) is 10.9.